The van der Waals surface area contributed by atoms with Crippen LogP contribution in [-0.4, -0.2) is 33.5 Å². The predicted octanol–water partition coefficient (Wildman–Crippen LogP) is 4.68. The van der Waals surface area contributed by atoms with Gasteiger partial charge in [0.25, 0.3) is 15.9 Å². The number of methoxy groups -OCH3 is 2. The molecule has 0 bridgehead atoms. The first-order valence-electron chi connectivity index (χ1n) is 9.83. The van der Waals surface area contributed by atoms with Gasteiger partial charge in [-0.15, -0.1) is 0 Å². The first-order valence-corrected chi connectivity index (χ1v) is 12.1. The van der Waals surface area contributed by atoms with Crippen molar-refractivity contribution < 1.29 is 22.7 Å². The number of sulfonamides is 1. The van der Waals surface area contributed by atoms with Gasteiger partial charge in [-0.3, -0.25) is 14.8 Å². The van der Waals surface area contributed by atoms with Gasteiger partial charge in [0.1, 0.15) is 0 Å². The number of hydrogen-bond donors (Lipinski definition) is 2. The molecule has 3 aromatic carbocycles. The molecule has 4 rings (SSSR count). The van der Waals surface area contributed by atoms with Crippen LogP contribution in [0.15, 0.2) is 65.6 Å². The lowest BCUT2D eigenvalue weighted by molar-refractivity contribution is 0.102. The van der Waals surface area contributed by atoms with Crippen LogP contribution in [0.25, 0.3) is 10.2 Å². The van der Waals surface area contributed by atoms with Crippen molar-refractivity contribution in [1.29, 1.82) is 0 Å². The summed E-state index contributed by atoms with van der Waals surface area (Å²) in [7, 11) is -0.954. The smallest absolute Gasteiger partial charge is 0.262 e. The highest BCUT2D eigenvalue weighted by molar-refractivity contribution is 7.92. The van der Waals surface area contributed by atoms with Crippen LogP contribution >= 0.6 is 11.3 Å². The maximum Gasteiger partial charge on any atom is 0.262 e. The van der Waals surface area contributed by atoms with Crippen molar-refractivity contribution in [3.63, 3.8) is 0 Å². The van der Waals surface area contributed by atoms with Gasteiger partial charge in [-0.2, -0.15) is 0 Å². The first-order chi connectivity index (χ1) is 15.8. The lowest BCUT2D eigenvalue weighted by Crippen LogP contribution is -2.13. The zero-order valence-corrected chi connectivity index (χ0v) is 19.7. The normalized spacial score (nSPS) is 11.2. The summed E-state index contributed by atoms with van der Waals surface area (Å²) in [6, 6.07) is 16.6. The number of fused-ring (bicyclic) bond motifs is 1. The van der Waals surface area contributed by atoms with Gasteiger partial charge in [0, 0.05) is 11.6 Å². The molecule has 10 heteroatoms. The summed E-state index contributed by atoms with van der Waals surface area (Å²) >= 11 is 1.27. The number of anilines is 2. The molecule has 2 N–H and O–H groups in total. The second-order valence-corrected chi connectivity index (χ2v) is 9.81. The summed E-state index contributed by atoms with van der Waals surface area (Å²) in [6.45, 7) is 1.83. The van der Waals surface area contributed by atoms with Crippen molar-refractivity contribution in [3.05, 3.63) is 71.8 Å². The van der Waals surface area contributed by atoms with Gasteiger partial charge in [0.05, 0.1) is 35.0 Å². The summed E-state index contributed by atoms with van der Waals surface area (Å²) in [6.07, 6.45) is 0. The quantitative estimate of drug-likeness (QED) is 0.395. The number of aryl methyl sites for hydroxylation is 1. The number of carbonyl (C=O) groups excluding carboxylic acids is 1. The van der Waals surface area contributed by atoms with Gasteiger partial charge in [-0.25, -0.2) is 13.4 Å². The number of amides is 1. The van der Waals surface area contributed by atoms with Crippen LogP contribution in [-0.2, 0) is 10.0 Å². The fourth-order valence-corrected chi connectivity index (χ4v) is 5.30. The number of ether oxygens (including phenoxy) is 2. The lowest BCUT2D eigenvalue weighted by atomic mass is 10.2. The van der Waals surface area contributed by atoms with E-state index < -0.39 is 10.0 Å². The Morgan fingerprint density at radius 1 is 0.970 bits per heavy atom. The van der Waals surface area contributed by atoms with Crippen molar-refractivity contribution in [2.24, 2.45) is 0 Å². The van der Waals surface area contributed by atoms with E-state index in [-0.39, 0.29) is 10.8 Å². The van der Waals surface area contributed by atoms with E-state index in [1.807, 2.05) is 13.0 Å². The standard InChI is InChI=1S/C23H21N3O5S2/c1-14-11-16(26-33(28,29)17-9-10-18(30-2)19(13-17)31-3)12-20-21(14)24-23(32-20)25-22(27)15-7-5-4-6-8-15/h4-13,26H,1-3H3,(H,24,25,27). The zero-order chi connectivity index (χ0) is 23.6. The van der Waals surface area contributed by atoms with Gasteiger partial charge in [-0.1, -0.05) is 29.5 Å². The molecule has 0 fully saturated rings. The molecule has 4 aromatic rings. The Hall–Kier alpha value is -3.63. The molecule has 1 heterocycles. The molecule has 0 aliphatic rings. The van der Waals surface area contributed by atoms with Crippen molar-refractivity contribution >= 4 is 48.3 Å². The van der Waals surface area contributed by atoms with Crippen LogP contribution in [0.4, 0.5) is 10.8 Å². The van der Waals surface area contributed by atoms with Crippen molar-refractivity contribution in [2.75, 3.05) is 24.3 Å². The van der Waals surface area contributed by atoms with E-state index in [4.69, 9.17) is 9.47 Å². The average Bonchev–Trinajstić information content (AvgIpc) is 3.21. The monoisotopic (exact) mass is 483 g/mol. The third-order valence-corrected chi connectivity index (χ3v) is 7.16. The molecule has 1 aromatic heterocycles. The minimum atomic E-state index is -3.88. The molecule has 0 saturated carbocycles. The van der Waals surface area contributed by atoms with Crippen molar-refractivity contribution in [3.8, 4) is 11.5 Å². The molecular formula is C23H21N3O5S2. The van der Waals surface area contributed by atoms with Gasteiger partial charge in [0.15, 0.2) is 16.6 Å². The summed E-state index contributed by atoms with van der Waals surface area (Å²) in [4.78, 5) is 17.0. The van der Waals surface area contributed by atoms with Crippen molar-refractivity contribution in [1.82, 2.24) is 4.98 Å². The Kier molecular flexibility index (Phi) is 6.21. The second kappa shape index (κ2) is 9.08. The van der Waals surface area contributed by atoms with E-state index in [9.17, 15) is 13.2 Å². The third kappa shape index (κ3) is 4.76. The largest absolute Gasteiger partial charge is 0.493 e. The minimum absolute atomic E-state index is 0.0398. The highest BCUT2D eigenvalue weighted by Gasteiger charge is 2.19. The molecule has 8 nitrogen and oxygen atoms in total. The molecule has 0 unspecified atom stereocenters. The Bertz CT molecular complexity index is 1430. The number of hydrogen-bond acceptors (Lipinski definition) is 7. The van der Waals surface area contributed by atoms with Gasteiger partial charge in [0.2, 0.25) is 0 Å². The average molecular weight is 484 g/mol. The number of aromatic nitrogens is 1. The Balaban J connectivity index is 1.60. The van der Waals surface area contributed by atoms with E-state index in [1.54, 1.807) is 36.4 Å². The number of nitrogens with one attached hydrogen (secondary N) is 2. The number of benzene rings is 3. The molecule has 0 saturated heterocycles. The summed E-state index contributed by atoms with van der Waals surface area (Å²) in [5, 5.41) is 3.23. The number of thiazole rings is 1. The molecule has 0 aliphatic carbocycles. The minimum Gasteiger partial charge on any atom is -0.493 e. The van der Waals surface area contributed by atoms with E-state index in [0.29, 0.717) is 33.4 Å². The Morgan fingerprint density at radius 3 is 2.39 bits per heavy atom. The summed E-state index contributed by atoms with van der Waals surface area (Å²) in [5.41, 5.74) is 2.38. The van der Waals surface area contributed by atoms with Crippen LogP contribution < -0.4 is 19.5 Å². The van der Waals surface area contributed by atoms with Crippen molar-refractivity contribution in [2.45, 2.75) is 11.8 Å². The maximum absolute atomic E-state index is 12.9. The van der Waals surface area contributed by atoms with Crippen LogP contribution in [0.1, 0.15) is 15.9 Å². The SMILES string of the molecule is COc1ccc(S(=O)(=O)Nc2cc(C)c3nc(NC(=O)c4ccccc4)sc3c2)cc1OC. The molecular weight excluding hydrogens is 462 g/mol. The van der Waals surface area contributed by atoms with E-state index in [0.717, 1.165) is 10.3 Å². The third-order valence-electron chi connectivity index (χ3n) is 4.86. The zero-order valence-electron chi connectivity index (χ0n) is 18.1. The van der Waals surface area contributed by atoms with Crippen LogP contribution in [0, 0.1) is 6.92 Å². The lowest BCUT2D eigenvalue weighted by Gasteiger charge is -2.12. The maximum atomic E-state index is 12.9. The second-order valence-electron chi connectivity index (χ2n) is 7.10. The molecule has 0 aliphatic heterocycles. The fraction of sp³-hybridized carbons (Fsp3) is 0.130. The summed E-state index contributed by atoms with van der Waals surface area (Å²) < 4.78 is 39.6. The first kappa shape index (κ1) is 22.6. The van der Waals surface area contributed by atoms with Crippen LogP contribution in [0.2, 0.25) is 0 Å². The Morgan fingerprint density at radius 2 is 1.70 bits per heavy atom. The molecule has 1 amide bonds. The van der Waals surface area contributed by atoms with Gasteiger partial charge >= 0.3 is 0 Å². The van der Waals surface area contributed by atoms with Crippen LogP contribution in [0.3, 0.4) is 0 Å². The number of rotatable bonds is 7. The number of carbonyl (C=O) groups is 1. The van der Waals surface area contributed by atoms with E-state index in [1.165, 1.54) is 43.8 Å². The highest BCUT2D eigenvalue weighted by Crippen LogP contribution is 2.33. The number of nitrogens with zero attached hydrogens (tertiary/aromatic N) is 1. The Labute approximate surface area is 195 Å². The van der Waals surface area contributed by atoms with E-state index in [2.05, 4.69) is 15.0 Å². The van der Waals surface area contributed by atoms with Gasteiger partial charge < -0.3 is 9.47 Å². The highest BCUT2D eigenvalue weighted by atomic mass is 32.2. The van der Waals surface area contributed by atoms with E-state index >= 15 is 0 Å². The molecule has 33 heavy (non-hydrogen) atoms. The van der Waals surface area contributed by atoms with Crippen LogP contribution in [0.5, 0.6) is 11.5 Å². The molecule has 0 atom stereocenters. The summed E-state index contributed by atoms with van der Waals surface area (Å²) in [5.74, 6) is 0.485. The molecule has 0 radical (unpaired) electrons. The predicted molar refractivity (Wildman–Crippen MR) is 129 cm³/mol. The fourth-order valence-electron chi connectivity index (χ4n) is 3.27. The molecule has 170 valence electrons. The molecule has 0 spiro atoms. The van der Waals surface area contributed by atoms with Gasteiger partial charge in [-0.05, 0) is 48.9 Å². The topological polar surface area (TPSA) is 107 Å².